The summed E-state index contributed by atoms with van der Waals surface area (Å²) in [5.41, 5.74) is 5.37. The van der Waals surface area contributed by atoms with Gasteiger partial charge in [-0.05, 0) is 44.0 Å². The van der Waals surface area contributed by atoms with E-state index in [1.54, 1.807) is 35.5 Å². The van der Waals surface area contributed by atoms with E-state index in [0.29, 0.717) is 22.4 Å². The zero-order valence-electron chi connectivity index (χ0n) is 16.8. The molecule has 0 saturated carbocycles. The monoisotopic (exact) mass is 475 g/mol. The minimum atomic E-state index is -0.197. The van der Waals surface area contributed by atoms with Crippen LogP contribution in [0.3, 0.4) is 0 Å². The molecule has 5 rings (SSSR count). The molecule has 8 heteroatoms. The van der Waals surface area contributed by atoms with Crippen LogP contribution in [0.4, 0.5) is 0 Å². The number of fused-ring (bicyclic) bond motifs is 5. The second-order valence-electron chi connectivity index (χ2n) is 8.04. The van der Waals surface area contributed by atoms with Gasteiger partial charge in [0.25, 0.3) is 0 Å². The van der Waals surface area contributed by atoms with Gasteiger partial charge in [-0.15, -0.1) is 23.1 Å². The van der Waals surface area contributed by atoms with Gasteiger partial charge in [0.1, 0.15) is 16.2 Å². The summed E-state index contributed by atoms with van der Waals surface area (Å²) in [4.78, 5) is 15.1. The fourth-order valence-corrected chi connectivity index (χ4v) is 6.67. The SMILES string of the molecule is Cc1nc2sc3c(SCc4ccc(Cl)cc4Cl)ncnc3c2c2c1COC(C)(C)C2. The number of halogens is 2. The molecule has 0 radical (unpaired) electrons. The average Bonchev–Trinajstić information content (AvgIpc) is 3.05. The molecule has 0 saturated heterocycles. The molecule has 4 nitrogen and oxygen atoms in total. The molecule has 0 N–H and O–H groups in total. The number of hydrogen-bond acceptors (Lipinski definition) is 6. The number of thioether (sulfide) groups is 1. The molecule has 4 aromatic rings. The molecule has 4 heterocycles. The summed E-state index contributed by atoms with van der Waals surface area (Å²) in [5.74, 6) is 0.710. The molecular formula is C22H19Cl2N3OS2. The van der Waals surface area contributed by atoms with Crippen LogP contribution in [0.1, 0.15) is 36.2 Å². The lowest BCUT2D eigenvalue weighted by molar-refractivity contribution is -0.0400. The van der Waals surface area contributed by atoms with Gasteiger partial charge in [-0.25, -0.2) is 15.0 Å². The minimum absolute atomic E-state index is 0.197. The summed E-state index contributed by atoms with van der Waals surface area (Å²) in [6.45, 7) is 6.93. The summed E-state index contributed by atoms with van der Waals surface area (Å²) in [6, 6.07) is 5.60. The van der Waals surface area contributed by atoms with Crippen molar-refractivity contribution >= 4 is 66.7 Å². The molecule has 0 aliphatic carbocycles. The summed E-state index contributed by atoms with van der Waals surface area (Å²) >= 11 is 15.7. The molecule has 1 aliphatic heterocycles. The molecule has 1 aromatic carbocycles. The third kappa shape index (κ3) is 3.59. The summed E-state index contributed by atoms with van der Waals surface area (Å²) in [6.07, 6.45) is 2.50. The Bertz CT molecular complexity index is 1300. The quantitative estimate of drug-likeness (QED) is 0.235. The second-order valence-corrected chi connectivity index (χ2v) is 10.8. The highest BCUT2D eigenvalue weighted by atomic mass is 35.5. The number of benzene rings is 1. The number of nitrogens with zero attached hydrogens (tertiary/aromatic N) is 3. The van der Waals surface area contributed by atoms with Gasteiger partial charge in [0, 0.05) is 38.9 Å². The van der Waals surface area contributed by atoms with E-state index >= 15 is 0 Å². The van der Waals surface area contributed by atoms with Crippen molar-refractivity contribution in [1.82, 2.24) is 15.0 Å². The van der Waals surface area contributed by atoms with E-state index in [4.69, 9.17) is 32.9 Å². The van der Waals surface area contributed by atoms with E-state index in [1.807, 2.05) is 12.1 Å². The van der Waals surface area contributed by atoms with Crippen molar-refractivity contribution in [2.75, 3.05) is 0 Å². The number of aryl methyl sites for hydroxylation is 1. The van der Waals surface area contributed by atoms with Crippen molar-refractivity contribution in [3.8, 4) is 0 Å². The Labute approximate surface area is 193 Å². The first-order chi connectivity index (χ1) is 14.3. The Morgan fingerprint density at radius 3 is 2.83 bits per heavy atom. The van der Waals surface area contributed by atoms with Crippen LogP contribution in [0.15, 0.2) is 29.6 Å². The predicted molar refractivity (Wildman–Crippen MR) is 126 cm³/mol. The van der Waals surface area contributed by atoms with Crippen molar-refractivity contribution < 1.29 is 4.74 Å². The Kier molecular flexibility index (Phi) is 5.19. The lowest BCUT2D eigenvalue weighted by Crippen LogP contribution is -2.32. The summed E-state index contributed by atoms with van der Waals surface area (Å²) in [5, 5.41) is 3.42. The molecule has 30 heavy (non-hydrogen) atoms. The van der Waals surface area contributed by atoms with Gasteiger partial charge >= 0.3 is 0 Å². The average molecular weight is 476 g/mol. The van der Waals surface area contributed by atoms with E-state index in [2.05, 4.69) is 30.7 Å². The minimum Gasteiger partial charge on any atom is -0.370 e. The molecule has 0 fully saturated rings. The maximum Gasteiger partial charge on any atom is 0.126 e. The van der Waals surface area contributed by atoms with Gasteiger partial charge in [0.05, 0.1) is 22.4 Å². The number of ether oxygens (including phenoxy) is 1. The van der Waals surface area contributed by atoms with Crippen LogP contribution in [0.25, 0.3) is 20.4 Å². The van der Waals surface area contributed by atoms with Crippen molar-refractivity contribution in [3.05, 3.63) is 57.0 Å². The van der Waals surface area contributed by atoms with Crippen LogP contribution in [0, 0.1) is 6.92 Å². The number of hydrogen-bond donors (Lipinski definition) is 0. The van der Waals surface area contributed by atoms with Crippen molar-refractivity contribution in [2.24, 2.45) is 0 Å². The molecule has 0 atom stereocenters. The fourth-order valence-electron chi connectivity index (χ4n) is 3.84. The zero-order chi connectivity index (χ0) is 21.0. The zero-order valence-corrected chi connectivity index (χ0v) is 19.9. The molecule has 154 valence electrons. The van der Waals surface area contributed by atoms with Gasteiger partial charge < -0.3 is 4.74 Å². The number of rotatable bonds is 3. The van der Waals surface area contributed by atoms with E-state index in [0.717, 1.165) is 43.1 Å². The van der Waals surface area contributed by atoms with Crippen molar-refractivity contribution in [1.29, 1.82) is 0 Å². The molecule has 3 aromatic heterocycles. The Hall–Kier alpha value is -1.44. The van der Waals surface area contributed by atoms with Gasteiger partial charge in [0.15, 0.2) is 0 Å². The Morgan fingerprint density at radius 1 is 1.20 bits per heavy atom. The molecule has 0 spiro atoms. The second kappa shape index (κ2) is 7.61. The molecule has 0 amide bonds. The maximum absolute atomic E-state index is 6.35. The third-order valence-corrected chi connectivity index (χ3v) is 8.22. The first kappa shape index (κ1) is 20.5. The van der Waals surface area contributed by atoms with Crippen molar-refractivity contribution in [2.45, 2.75) is 50.2 Å². The summed E-state index contributed by atoms with van der Waals surface area (Å²) < 4.78 is 7.12. The van der Waals surface area contributed by atoms with Gasteiger partial charge in [-0.1, -0.05) is 29.3 Å². The summed E-state index contributed by atoms with van der Waals surface area (Å²) in [7, 11) is 0. The van der Waals surface area contributed by atoms with Gasteiger partial charge in [0.2, 0.25) is 0 Å². The van der Waals surface area contributed by atoms with E-state index < -0.39 is 0 Å². The lowest BCUT2D eigenvalue weighted by atomic mass is 9.89. The van der Waals surface area contributed by atoms with Crippen LogP contribution in [-0.2, 0) is 23.5 Å². The third-order valence-electron chi connectivity index (χ3n) is 5.38. The van der Waals surface area contributed by atoms with Crippen LogP contribution in [0.2, 0.25) is 10.0 Å². The highest BCUT2D eigenvalue weighted by molar-refractivity contribution is 7.98. The Morgan fingerprint density at radius 2 is 2.03 bits per heavy atom. The molecule has 1 aliphatic rings. The first-order valence-electron chi connectivity index (χ1n) is 9.58. The van der Waals surface area contributed by atoms with E-state index in [1.165, 1.54) is 11.1 Å². The topological polar surface area (TPSA) is 47.9 Å². The van der Waals surface area contributed by atoms with Crippen LogP contribution >= 0.6 is 46.3 Å². The molecular weight excluding hydrogens is 457 g/mol. The number of aromatic nitrogens is 3. The van der Waals surface area contributed by atoms with Crippen molar-refractivity contribution in [3.63, 3.8) is 0 Å². The smallest absolute Gasteiger partial charge is 0.126 e. The molecule has 0 unspecified atom stereocenters. The lowest BCUT2D eigenvalue weighted by Gasteiger charge is -2.32. The van der Waals surface area contributed by atoms with Crippen LogP contribution < -0.4 is 0 Å². The predicted octanol–water partition coefficient (Wildman–Crippen LogP) is 7.00. The highest BCUT2D eigenvalue weighted by Crippen LogP contribution is 2.43. The largest absolute Gasteiger partial charge is 0.370 e. The van der Waals surface area contributed by atoms with Gasteiger partial charge in [-0.2, -0.15) is 0 Å². The van der Waals surface area contributed by atoms with Crippen LogP contribution in [-0.4, -0.2) is 20.6 Å². The number of thiophene rings is 1. The van der Waals surface area contributed by atoms with Crippen LogP contribution in [0.5, 0.6) is 0 Å². The standard InChI is InChI=1S/C22H19Cl2N3OS2/c1-11-15-8-28-22(2,3)7-14(15)17-18-19(30-20(17)27-11)21(26-10-25-18)29-9-12-4-5-13(23)6-16(12)24/h4-6,10H,7-9H2,1-3H3. The fraction of sp³-hybridized carbons (Fsp3) is 0.318. The van der Waals surface area contributed by atoms with E-state index in [9.17, 15) is 0 Å². The molecule has 0 bridgehead atoms. The van der Waals surface area contributed by atoms with Gasteiger partial charge in [-0.3, -0.25) is 0 Å². The maximum atomic E-state index is 6.35. The Balaban J connectivity index is 1.61. The normalized spacial score (nSPS) is 15.6. The number of pyridine rings is 1. The first-order valence-corrected chi connectivity index (χ1v) is 12.1. The highest BCUT2D eigenvalue weighted by Gasteiger charge is 2.30. The van der Waals surface area contributed by atoms with E-state index in [-0.39, 0.29) is 5.60 Å².